The lowest BCUT2D eigenvalue weighted by molar-refractivity contribution is -0.130. The Hall–Kier alpha value is -2.46. The molecular weight excluding hydrogens is 300 g/mol. The maximum atomic E-state index is 12.0. The van der Waals surface area contributed by atoms with Gasteiger partial charge in [0.15, 0.2) is 0 Å². The topological polar surface area (TPSA) is 50.7 Å². The summed E-state index contributed by atoms with van der Waals surface area (Å²) in [5, 5.41) is 4.25. The number of rotatable bonds is 3. The summed E-state index contributed by atoms with van der Waals surface area (Å²) in [7, 11) is 0. The lowest BCUT2D eigenvalue weighted by Gasteiger charge is -2.08. The first kappa shape index (κ1) is 15.1. The minimum Gasteiger partial charge on any atom is -0.368 e. The fourth-order valence-corrected chi connectivity index (χ4v) is 3.43. The summed E-state index contributed by atoms with van der Waals surface area (Å²) in [5.41, 5.74) is 9.77. The standard InChI is InChI=1S/C20H20N2O2/c1-13(21-22-20(23)19-7-4-10-24-19)14-8-9-18-16(11-14)12-15-5-2-3-6-17(15)18/h2-3,5-6,8-9,11,19H,4,7,10,12H2,1H3,(H,22,23). The Morgan fingerprint density at radius 2 is 2.00 bits per heavy atom. The first-order valence-corrected chi connectivity index (χ1v) is 8.40. The fraction of sp³-hybridized carbons (Fsp3) is 0.300. The van der Waals surface area contributed by atoms with Gasteiger partial charge in [-0.15, -0.1) is 0 Å². The lowest BCUT2D eigenvalue weighted by atomic mass is 10.0. The Morgan fingerprint density at radius 1 is 1.17 bits per heavy atom. The molecule has 1 atom stereocenters. The Kier molecular flexibility index (Phi) is 3.90. The maximum Gasteiger partial charge on any atom is 0.269 e. The Balaban J connectivity index is 1.52. The Morgan fingerprint density at radius 3 is 2.83 bits per heavy atom. The fourth-order valence-electron chi connectivity index (χ4n) is 3.43. The molecule has 1 aliphatic carbocycles. The van der Waals surface area contributed by atoms with Crippen LogP contribution in [0.5, 0.6) is 0 Å². The molecule has 0 spiro atoms. The van der Waals surface area contributed by atoms with Crippen LogP contribution in [0.3, 0.4) is 0 Å². The SMILES string of the molecule is CC(=NNC(=O)C1CCCO1)c1ccc2c(c1)Cc1ccccc1-2. The van der Waals surface area contributed by atoms with Crippen molar-refractivity contribution in [3.05, 3.63) is 59.2 Å². The molecule has 2 aromatic carbocycles. The van der Waals surface area contributed by atoms with Gasteiger partial charge in [-0.1, -0.05) is 36.4 Å². The van der Waals surface area contributed by atoms with Crippen molar-refractivity contribution in [3.63, 3.8) is 0 Å². The second-order valence-corrected chi connectivity index (χ2v) is 6.38. The molecule has 0 radical (unpaired) electrons. The summed E-state index contributed by atoms with van der Waals surface area (Å²) < 4.78 is 5.37. The number of ether oxygens (including phenoxy) is 1. The van der Waals surface area contributed by atoms with E-state index in [1.165, 1.54) is 22.3 Å². The maximum absolute atomic E-state index is 12.0. The normalized spacial score (nSPS) is 19.0. The van der Waals surface area contributed by atoms with E-state index < -0.39 is 0 Å². The van der Waals surface area contributed by atoms with Gasteiger partial charge in [-0.3, -0.25) is 4.79 Å². The number of hydrazone groups is 1. The van der Waals surface area contributed by atoms with E-state index >= 15 is 0 Å². The molecule has 1 heterocycles. The van der Waals surface area contributed by atoms with Crippen molar-refractivity contribution < 1.29 is 9.53 Å². The number of carbonyl (C=O) groups is 1. The summed E-state index contributed by atoms with van der Waals surface area (Å²) in [4.78, 5) is 12.0. The zero-order valence-electron chi connectivity index (χ0n) is 13.7. The zero-order valence-corrected chi connectivity index (χ0v) is 13.7. The van der Waals surface area contributed by atoms with Crippen LogP contribution in [0.15, 0.2) is 47.6 Å². The first-order valence-electron chi connectivity index (χ1n) is 8.40. The van der Waals surface area contributed by atoms with Crippen LogP contribution in [-0.2, 0) is 16.0 Å². The van der Waals surface area contributed by atoms with Crippen molar-refractivity contribution in [2.24, 2.45) is 5.10 Å². The number of nitrogens with zero attached hydrogens (tertiary/aromatic N) is 1. The van der Waals surface area contributed by atoms with E-state index in [1.807, 2.05) is 6.92 Å². The number of fused-ring (bicyclic) bond motifs is 3. The summed E-state index contributed by atoms with van der Waals surface area (Å²) >= 11 is 0. The van der Waals surface area contributed by atoms with E-state index in [2.05, 4.69) is 53.0 Å². The molecule has 1 aliphatic heterocycles. The molecule has 0 saturated carbocycles. The minimum atomic E-state index is -0.351. The second kappa shape index (κ2) is 6.21. The Bertz CT molecular complexity index is 820. The van der Waals surface area contributed by atoms with Gasteiger partial charge in [-0.05, 0) is 60.1 Å². The molecular formula is C20H20N2O2. The van der Waals surface area contributed by atoms with Gasteiger partial charge >= 0.3 is 0 Å². The third kappa shape index (κ3) is 2.74. The molecule has 1 amide bonds. The van der Waals surface area contributed by atoms with Gasteiger partial charge in [-0.25, -0.2) is 5.43 Å². The quantitative estimate of drug-likeness (QED) is 0.595. The molecule has 0 bridgehead atoms. The van der Waals surface area contributed by atoms with Gasteiger partial charge in [0.25, 0.3) is 5.91 Å². The third-order valence-corrected chi connectivity index (χ3v) is 4.77. The number of benzene rings is 2. The Labute approximate surface area is 141 Å². The molecule has 4 heteroatoms. The molecule has 122 valence electrons. The zero-order chi connectivity index (χ0) is 16.5. The van der Waals surface area contributed by atoms with Gasteiger partial charge in [-0.2, -0.15) is 5.10 Å². The highest BCUT2D eigenvalue weighted by Crippen LogP contribution is 2.36. The molecule has 1 saturated heterocycles. The number of nitrogens with one attached hydrogen (secondary N) is 1. The van der Waals surface area contributed by atoms with Crippen LogP contribution < -0.4 is 5.43 Å². The van der Waals surface area contributed by atoms with E-state index in [0.29, 0.717) is 6.61 Å². The van der Waals surface area contributed by atoms with E-state index in [9.17, 15) is 4.79 Å². The molecule has 2 aliphatic rings. The summed E-state index contributed by atoms with van der Waals surface area (Å²) in [5.74, 6) is -0.152. The average Bonchev–Trinajstić information content (AvgIpc) is 3.26. The van der Waals surface area contributed by atoms with E-state index in [1.54, 1.807) is 0 Å². The van der Waals surface area contributed by atoms with Crippen molar-refractivity contribution in [3.8, 4) is 11.1 Å². The highest BCUT2D eigenvalue weighted by atomic mass is 16.5. The molecule has 1 N–H and O–H groups in total. The average molecular weight is 320 g/mol. The van der Waals surface area contributed by atoms with E-state index in [4.69, 9.17) is 4.74 Å². The lowest BCUT2D eigenvalue weighted by Crippen LogP contribution is -2.31. The smallest absolute Gasteiger partial charge is 0.269 e. The van der Waals surface area contributed by atoms with Gasteiger partial charge in [0.05, 0.1) is 5.71 Å². The van der Waals surface area contributed by atoms with Crippen LogP contribution in [-0.4, -0.2) is 24.3 Å². The van der Waals surface area contributed by atoms with Crippen LogP contribution in [0.4, 0.5) is 0 Å². The van der Waals surface area contributed by atoms with Crippen LogP contribution in [0, 0.1) is 0 Å². The third-order valence-electron chi connectivity index (χ3n) is 4.77. The van der Waals surface area contributed by atoms with Crippen molar-refractivity contribution in [1.29, 1.82) is 0 Å². The van der Waals surface area contributed by atoms with Crippen molar-refractivity contribution in [1.82, 2.24) is 5.43 Å². The molecule has 0 aromatic heterocycles. The van der Waals surface area contributed by atoms with Gasteiger partial charge in [0.1, 0.15) is 6.10 Å². The number of amides is 1. The van der Waals surface area contributed by atoms with E-state index in [0.717, 1.165) is 30.5 Å². The monoisotopic (exact) mass is 320 g/mol. The number of hydrogen-bond donors (Lipinski definition) is 1. The number of hydrogen-bond acceptors (Lipinski definition) is 3. The number of carbonyl (C=O) groups excluding carboxylic acids is 1. The van der Waals surface area contributed by atoms with Crippen molar-refractivity contribution in [2.75, 3.05) is 6.61 Å². The molecule has 4 rings (SSSR count). The summed E-state index contributed by atoms with van der Waals surface area (Å²) in [6, 6.07) is 14.9. The molecule has 4 nitrogen and oxygen atoms in total. The molecule has 2 aromatic rings. The van der Waals surface area contributed by atoms with Crippen LogP contribution >= 0.6 is 0 Å². The second-order valence-electron chi connectivity index (χ2n) is 6.38. The van der Waals surface area contributed by atoms with Gasteiger partial charge < -0.3 is 4.74 Å². The molecule has 24 heavy (non-hydrogen) atoms. The molecule has 1 unspecified atom stereocenters. The highest BCUT2D eigenvalue weighted by molar-refractivity contribution is 6.00. The minimum absolute atomic E-state index is 0.152. The molecule has 1 fully saturated rings. The highest BCUT2D eigenvalue weighted by Gasteiger charge is 2.23. The largest absolute Gasteiger partial charge is 0.368 e. The van der Waals surface area contributed by atoms with Crippen LogP contribution in [0.1, 0.15) is 36.5 Å². The predicted octanol–water partition coefficient (Wildman–Crippen LogP) is 3.28. The van der Waals surface area contributed by atoms with Crippen LogP contribution in [0.2, 0.25) is 0 Å². The summed E-state index contributed by atoms with van der Waals surface area (Å²) in [6.45, 7) is 2.58. The van der Waals surface area contributed by atoms with Crippen molar-refractivity contribution in [2.45, 2.75) is 32.3 Å². The summed E-state index contributed by atoms with van der Waals surface area (Å²) in [6.07, 6.45) is 2.31. The predicted molar refractivity (Wildman–Crippen MR) is 94.0 cm³/mol. The van der Waals surface area contributed by atoms with E-state index in [-0.39, 0.29) is 12.0 Å². The van der Waals surface area contributed by atoms with Gasteiger partial charge in [0, 0.05) is 6.61 Å². The van der Waals surface area contributed by atoms with Crippen molar-refractivity contribution >= 4 is 11.6 Å². The first-order chi connectivity index (χ1) is 11.7. The van der Waals surface area contributed by atoms with Crippen LogP contribution in [0.25, 0.3) is 11.1 Å². The van der Waals surface area contributed by atoms with Gasteiger partial charge in [0.2, 0.25) is 0 Å².